The molecule has 0 aliphatic carbocycles. The molecule has 23 heavy (non-hydrogen) atoms. The van der Waals surface area contributed by atoms with Crippen LogP contribution in [0.1, 0.15) is 32.8 Å². The van der Waals surface area contributed by atoms with Gasteiger partial charge in [-0.2, -0.15) is 0 Å². The predicted octanol–water partition coefficient (Wildman–Crippen LogP) is 2.73. The van der Waals surface area contributed by atoms with Gasteiger partial charge in [-0.3, -0.25) is 0 Å². The maximum atomic E-state index is 11.5. The Morgan fingerprint density at radius 2 is 1.83 bits per heavy atom. The van der Waals surface area contributed by atoms with E-state index in [4.69, 9.17) is 9.84 Å². The Hall–Kier alpha value is -1.95. The zero-order valence-electron chi connectivity index (χ0n) is 14.5. The Kier molecular flexibility index (Phi) is 7.68. The number of anilines is 2. The number of ether oxygens (including phenoxy) is 1. The Balaban J connectivity index is 2.34. The highest BCUT2D eigenvalue weighted by atomic mass is 16.6. The van der Waals surface area contributed by atoms with Crippen molar-refractivity contribution in [2.45, 2.75) is 39.7 Å². The van der Waals surface area contributed by atoms with Gasteiger partial charge < -0.3 is 25.8 Å². The van der Waals surface area contributed by atoms with E-state index in [1.165, 1.54) is 0 Å². The van der Waals surface area contributed by atoms with Gasteiger partial charge in [-0.05, 0) is 51.8 Å². The molecule has 130 valence electrons. The average Bonchev–Trinajstić information content (AvgIpc) is 2.44. The van der Waals surface area contributed by atoms with Gasteiger partial charge in [0.25, 0.3) is 0 Å². The SMILES string of the molecule is Cc1ccc(NCCCNC(=O)OC(C)(C)C)c(NCCO)c1. The summed E-state index contributed by atoms with van der Waals surface area (Å²) in [5.41, 5.74) is 2.64. The van der Waals surface area contributed by atoms with Crippen molar-refractivity contribution in [3.8, 4) is 0 Å². The number of amides is 1. The molecule has 0 saturated heterocycles. The van der Waals surface area contributed by atoms with Gasteiger partial charge in [0, 0.05) is 19.6 Å². The lowest BCUT2D eigenvalue weighted by molar-refractivity contribution is 0.0528. The number of benzene rings is 1. The minimum Gasteiger partial charge on any atom is -0.444 e. The fourth-order valence-corrected chi connectivity index (χ4v) is 1.97. The lowest BCUT2D eigenvalue weighted by atomic mass is 10.2. The molecule has 6 nitrogen and oxygen atoms in total. The molecule has 1 aromatic carbocycles. The third kappa shape index (κ3) is 8.30. The summed E-state index contributed by atoms with van der Waals surface area (Å²) in [6, 6.07) is 6.08. The second-order valence-electron chi connectivity index (χ2n) is 6.41. The van der Waals surface area contributed by atoms with E-state index in [9.17, 15) is 4.79 Å². The first-order valence-electron chi connectivity index (χ1n) is 7.98. The van der Waals surface area contributed by atoms with E-state index in [2.05, 4.69) is 16.0 Å². The largest absolute Gasteiger partial charge is 0.444 e. The molecule has 0 aromatic heterocycles. The normalized spacial score (nSPS) is 11.0. The number of alkyl carbamates (subject to hydrolysis) is 1. The van der Waals surface area contributed by atoms with E-state index < -0.39 is 11.7 Å². The third-order valence-corrected chi connectivity index (χ3v) is 2.94. The number of hydrogen-bond donors (Lipinski definition) is 4. The third-order valence-electron chi connectivity index (χ3n) is 2.94. The monoisotopic (exact) mass is 323 g/mol. The molecular weight excluding hydrogens is 294 g/mol. The van der Waals surface area contributed by atoms with Crippen molar-refractivity contribution in [1.82, 2.24) is 5.32 Å². The van der Waals surface area contributed by atoms with Crippen molar-refractivity contribution in [3.63, 3.8) is 0 Å². The minimum absolute atomic E-state index is 0.0905. The van der Waals surface area contributed by atoms with E-state index in [1.54, 1.807) is 0 Å². The molecule has 0 bridgehead atoms. The van der Waals surface area contributed by atoms with Crippen LogP contribution in [-0.2, 0) is 4.74 Å². The average molecular weight is 323 g/mol. The quantitative estimate of drug-likeness (QED) is 0.553. The first-order valence-corrected chi connectivity index (χ1v) is 7.98. The molecule has 0 spiro atoms. The number of nitrogens with one attached hydrogen (secondary N) is 3. The Morgan fingerprint density at radius 1 is 1.13 bits per heavy atom. The topological polar surface area (TPSA) is 82.6 Å². The maximum absolute atomic E-state index is 11.5. The second-order valence-corrected chi connectivity index (χ2v) is 6.41. The van der Waals surface area contributed by atoms with Crippen LogP contribution in [0, 0.1) is 6.92 Å². The van der Waals surface area contributed by atoms with Gasteiger partial charge in [0.1, 0.15) is 5.60 Å². The number of carbonyl (C=O) groups excluding carboxylic acids is 1. The zero-order chi connectivity index (χ0) is 17.3. The number of aryl methyl sites for hydroxylation is 1. The summed E-state index contributed by atoms with van der Waals surface area (Å²) in [7, 11) is 0. The van der Waals surface area contributed by atoms with Gasteiger partial charge in [0.15, 0.2) is 0 Å². The first-order chi connectivity index (χ1) is 10.8. The lowest BCUT2D eigenvalue weighted by Gasteiger charge is -2.19. The molecule has 0 unspecified atom stereocenters. The molecule has 0 aliphatic rings. The van der Waals surface area contributed by atoms with E-state index >= 15 is 0 Å². The van der Waals surface area contributed by atoms with Crippen LogP contribution in [0.4, 0.5) is 16.2 Å². The first kappa shape index (κ1) is 19.1. The van der Waals surface area contributed by atoms with Crippen molar-refractivity contribution in [1.29, 1.82) is 0 Å². The number of aliphatic hydroxyl groups excluding tert-OH is 1. The molecule has 4 N–H and O–H groups in total. The molecule has 0 heterocycles. The van der Waals surface area contributed by atoms with Crippen LogP contribution in [0.5, 0.6) is 0 Å². The predicted molar refractivity (Wildman–Crippen MR) is 94.1 cm³/mol. The smallest absolute Gasteiger partial charge is 0.407 e. The van der Waals surface area contributed by atoms with Crippen molar-refractivity contribution < 1.29 is 14.6 Å². The second kappa shape index (κ2) is 9.25. The molecule has 0 saturated carbocycles. The molecule has 0 radical (unpaired) electrons. The summed E-state index contributed by atoms with van der Waals surface area (Å²) in [5.74, 6) is 0. The van der Waals surface area contributed by atoms with Crippen LogP contribution in [-0.4, -0.2) is 43.0 Å². The van der Waals surface area contributed by atoms with Crippen LogP contribution in [0.3, 0.4) is 0 Å². The molecule has 0 fully saturated rings. The van der Waals surface area contributed by atoms with Gasteiger partial charge in [-0.1, -0.05) is 6.07 Å². The summed E-state index contributed by atoms with van der Waals surface area (Å²) in [6.07, 6.45) is 0.394. The Morgan fingerprint density at radius 3 is 2.48 bits per heavy atom. The summed E-state index contributed by atoms with van der Waals surface area (Å²) in [5, 5.41) is 18.2. The molecule has 0 atom stereocenters. The van der Waals surface area contributed by atoms with Crippen molar-refractivity contribution >= 4 is 17.5 Å². The van der Waals surface area contributed by atoms with Gasteiger partial charge in [-0.15, -0.1) is 0 Å². The Labute approximate surface area is 138 Å². The van der Waals surface area contributed by atoms with Crippen molar-refractivity contribution in [2.75, 3.05) is 36.9 Å². The van der Waals surface area contributed by atoms with Crippen LogP contribution >= 0.6 is 0 Å². The summed E-state index contributed by atoms with van der Waals surface area (Å²) < 4.78 is 5.18. The standard InChI is InChI=1S/C17H29N3O3/c1-13-6-7-14(15(12-13)19-10-11-21)18-8-5-9-20-16(22)23-17(2,3)4/h6-7,12,18-19,21H,5,8-11H2,1-4H3,(H,20,22). The zero-order valence-corrected chi connectivity index (χ0v) is 14.5. The number of carbonyl (C=O) groups is 1. The fourth-order valence-electron chi connectivity index (χ4n) is 1.97. The number of aliphatic hydroxyl groups is 1. The lowest BCUT2D eigenvalue weighted by Crippen LogP contribution is -2.33. The van der Waals surface area contributed by atoms with E-state index in [-0.39, 0.29) is 6.61 Å². The van der Waals surface area contributed by atoms with E-state index in [0.29, 0.717) is 13.1 Å². The van der Waals surface area contributed by atoms with Crippen LogP contribution < -0.4 is 16.0 Å². The van der Waals surface area contributed by atoms with Gasteiger partial charge in [0.05, 0.1) is 18.0 Å². The maximum Gasteiger partial charge on any atom is 0.407 e. The summed E-state index contributed by atoms with van der Waals surface area (Å²) in [4.78, 5) is 11.5. The van der Waals surface area contributed by atoms with Gasteiger partial charge in [-0.25, -0.2) is 4.79 Å². The number of hydrogen-bond acceptors (Lipinski definition) is 5. The fraction of sp³-hybridized carbons (Fsp3) is 0.588. The molecule has 1 amide bonds. The van der Waals surface area contributed by atoms with E-state index in [0.717, 1.165) is 29.9 Å². The molecule has 1 aromatic rings. The molecule has 0 aliphatic heterocycles. The molecule has 6 heteroatoms. The van der Waals surface area contributed by atoms with Crippen LogP contribution in [0.25, 0.3) is 0 Å². The summed E-state index contributed by atoms with van der Waals surface area (Å²) >= 11 is 0. The highest BCUT2D eigenvalue weighted by Gasteiger charge is 2.15. The number of rotatable bonds is 8. The van der Waals surface area contributed by atoms with Gasteiger partial charge >= 0.3 is 6.09 Å². The highest BCUT2D eigenvalue weighted by molar-refractivity contribution is 5.70. The molecular formula is C17H29N3O3. The highest BCUT2D eigenvalue weighted by Crippen LogP contribution is 2.22. The minimum atomic E-state index is -0.475. The van der Waals surface area contributed by atoms with E-state index in [1.807, 2.05) is 45.9 Å². The van der Waals surface area contributed by atoms with Gasteiger partial charge in [0.2, 0.25) is 0 Å². The Bertz CT molecular complexity index is 498. The van der Waals surface area contributed by atoms with Crippen LogP contribution in [0.15, 0.2) is 18.2 Å². The molecule has 1 rings (SSSR count). The summed E-state index contributed by atoms with van der Waals surface area (Å²) in [6.45, 7) is 9.43. The van der Waals surface area contributed by atoms with Crippen LogP contribution in [0.2, 0.25) is 0 Å². The van der Waals surface area contributed by atoms with Crippen molar-refractivity contribution in [3.05, 3.63) is 23.8 Å². The van der Waals surface area contributed by atoms with Crippen molar-refractivity contribution in [2.24, 2.45) is 0 Å².